The molecule has 1 aliphatic heterocycles. The lowest BCUT2D eigenvalue weighted by molar-refractivity contribution is 0.0943. The number of hydrogen-bond donors (Lipinski definition) is 2. The number of rotatable bonds is 3. The lowest BCUT2D eigenvalue weighted by Crippen LogP contribution is -2.38. The van der Waals surface area contributed by atoms with Crippen molar-refractivity contribution in [2.45, 2.75) is 18.9 Å². The van der Waals surface area contributed by atoms with Crippen LogP contribution in [-0.2, 0) is 0 Å². The molecule has 1 aliphatic rings. The molecule has 0 aliphatic carbocycles. The number of nitrogens with two attached hydrogens (primary N) is 1. The maximum atomic E-state index is 12.1. The number of nitrogens with zero attached hydrogens (tertiary/aromatic N) is 1. The summed E-state index contributed by atoms with van der Waals surface area (Å²) in [7, 11) is 2.10. The molecule has 1 fully saturated rings. The Bertz CT molecular complexity index is 450. The van der Waals surface area contributed by atoms with Crippen LogP contribution in [0, 0.1) is 0 Å². The first-order chi connectivity index (χ1) is 8.59. The minimum Gasteiger partial charge on any atom is -0.398 e. The van der Waals surface area contributed by atoms with Crippen molar-refractivity contribution < 1.29 is 4.79 Å². The van der Waals surface area contributed by atoms with Crippen LogP contribution in [0.25, 0.3) is 0 Å². The van der Waals surface area contributed by atoms with Gasteiger partial charge in [0.15, 0.2) is 0 Å². The van der Waals surface area contributed by atoms with Crippen LogP contribution in [0.2, 0.25) is 0 Å². The lowest BCUT2D eigenvalue weighted by Gasteiger charge is -2.19. The van der Waals surface area contributed by atoms with Gasteiger partial charge >= 0.3 is 0 Å². The van der Waals surface area contributed by atoms with Crippen LogP contribution in [-0.4, -0.2) is 37.0 Å². The third-order valence-electron chi connectivity index (χ3n) is 3.44. The Balaban J connectivity index is 1.97. The molecule has 1 amide bonds. The van der Waals surface area contributed by atoms with Gasteiger partial charge < -0.3 is 16.0 Å². The number of hydrogen-bond acceptors (Lipinski definition) is 3. The molecule has 1 heterocycles. The number of anilines is 1. The van der Waals surface area contributed by atoms with E-state index < -0.39 is 0 Å². The molecule has 5 heteroatoms. The third kappa shape index (κ3) is 2.84. The average Bonchev–Trinajstić information content (AvgIpc) is 2.75. The van der Waals surface area contributed by atoms with Crippen LogP contribution in [0.15, 0.2) is 22.7 Å². The van der Waals surface area contributed by atoms with Crippen LogP contribution in [0.4, 0.5) is 5.69 Å². The molecule has 1 saturated heterocycles. The van der Waals surface area contributed by atoms with E-state index in [1.807, 2.05) is 0 Å². The molecule has 18 heavy (non-hydrogen) atoms. The predicted molar refractivity (Wildman–Crippen MR) is 76.5 cm³/mol. The van der Waals surface area contributed by atoms with Crippen LogP contribution >= 0.6 is 15.9 Å². The van der Waals surface area contributed by atoms with Gasteiger partial charge in [-0.15, -0.1) is 0 Å². The lowest BCUT2D eigenvalue weighted by atomic mass is 10.1. The van der Waals surface area contributed by atoms with E-state index in [-0.39, 0.29) is 5.91 Å². The smallest absolute Gasteiger partial charge is 0.252 e. The molecule has 0 saturated carbocycles. The van der Waals surface area contributed by atoms with Crippen molar-refractivity contribution in [2.24, 2.45) is 0 Å². The minimum absolute atomic E-state index is 0.0746. The Hall–Kier alpha value is -1.07. The van der Waals surface area contributed by atoms with Crippen LogP contribution < -0.4 is 11.1 Å². The van der Waals surface area contributed by atoms with Crippen molar-refractivity contribution in [3.05, 3.63) is 28.2 Å². The maximum absolute atomic E-state index is 12.1. The third-order valence-corrected chi connectivity index (χ3v) is 4.33. The number of likely N-dealkylation sites (N-methyl/N-ethyl adjacent to an activating group) is 1. The second kappa shape index (κ2) is 5.71. The molecule has 1 unspecified atom stereocenters. The number of likely N-dealkylation sites (tertiary alicyclic amines) is 1. The Morgan fingerprint density at radius 3 is 3.06 bits per heavy atom. The number of nitrogens with one attached hydrogen (secondary N) is 1. The number of halogens is 1. The van der Waals surface area contributed by atoms with Gasteiger partial charge in [0, 0.05) is 18.3 Å². The second-order valence-corrected chi connectivity index (χ2v) is 5.49. The van der Waals surface area contributed by atoms with E-state index in [2.05, 4.69) is 33.2 Å². The highest BCUT2D eigenvalue weighted by Crippen LogP contribution is 2.23. The number of benzene rings is 1. The van der Waals surface area contributed by atoms with Gasteiger partial charge in [-0.25, -0.2) is 0 Å². The fourth-order valence-electron chi connectivity index (χ4n) is 2.27. The molecule has 1 atom stereocenters. The Morgan fingerprint density at radius 1 is 1.61 bits per heavy atom. The SMILES string of the molecule is CN1CCCC1CNC(=O)c1cccc(N)c1Br. The molecule has 98 valence electrons. The van der Waals surface area contributed by atoms with Gasteiger partial charge in [0.25, 0.3) is 5.91 Å². The van der Waals surface area contributed by atoms with E-state index in [0.717, 1.165) is 13.0 Å². The van der Waals surface area contributed by atoms with Crippen molar-refractivity contribution in [3.8, 4) is 0 Å². The van der Waals surface area contributed by atoms with Gasteiger partial charge in [0.1, 0.15) is 0 Å². The zero-order valence-corrected chi connectivity index (χ0v) is 12.0. The van der Waals surface area contributed by atoms with Gasteiger partial charge in [0.2, 0.25) is 0 Å². The first-order valence-corrected chi connectivity index (χ1v) is 6.91. The normalized spacial score (nSPS) is 20.0. The van der Waals surface area contributed by atoms with Crippen molar-refractivity contribution >= 4 is 27.5 Å². The predicted octanol–water partition coefficient (Wildman–Crippen LogP) is 1.86. The average molecular weight is 312 g/mol. The largest absolute Gasteiger partial charge is 0.398 e. The summed E-state index contributed by atoms with van der Waals surface area (Å²) < 4.78 is 0.669. The highest BCUT2D eigenvalue weighted by molar-refractivity contribution is 9.10. The summed E-state index contributed by atoms with van der Waals surface area (Å²) in [4.78, 5) is 14.4. The van der Waals surface area contributed by atoms with Crippen LogP contribution in [0.5, 0.6) is 0 Å². The fraction of sp³-hybridized carbons (Fsp3) is 0.462. The molecular weight excluding hydrogens is 294 g/mol. The fourth-order valence-corrected chi connectivity index (χ4v) is 2.71. The molecule has 2 rings (SSSR count). The van der Waals surface area contributed by atoms with Gasteiger partial charge in [-0.3, -0.25) is 4.79 Å². The summed E-state index contributed by atoms with van der Waals surface area (Å²) >= 11 is 3.35. The molecule has 0 spiro atoms. The highest BCUT2D eigenvalue weighted by atomic mass is 79.9. The monoisotopic (exact) mass is 311 g/mol. The van der Waals surface area contributed by atoms with E-state index >= 15 is 0 Å². The number of carbonyl (C=O) groups excluding carboxylic acids is 1. The maximum Gasteiger partial charge on any atom is 0.252 e. The Labute approximate surface area is 116 Å². The van der Waals surface area contributed by atoms with Crippen molar-refractivity contribution in [1.82, 2.24) is 10.2 Å². The molecule has 0 bridgehead atoms. The summed E-state index contributed by atoms with van der Waals surface area (Å²) in [6.07, 6.45) is 2.36. The summed E-state index contributed by atoms with van der Waals surface area (Å²) in [5.74, 6) is -0.0746. The van der Waals surface area contributed by atoms with E-state index in [9.17, 15) is 4.79 Å². The Morgan fingerprint density at radius 2 is 2.39 bits per heavy atom. The zero-order chi connectivity index (χ0) is 13.1. The van der Waals surface area contributed by atoms with Gasteiger partial charge in [-0.05, 0) is 54.5 Å². The molecule has 0 aromatic heterocycles. The zero-order valence-electron chi connectivity index (χ0n) is 10.4. The number of nitrogen functional groups attached to an aromatic ring is 1. The van der Waals surface area contributed by atoms with Crippen LogP contribution in [0.3, 0.4) is 0 Å². The highest BCUT2D eigenvalue weighted by Gasteiger charge is 2.21. The van der Waals surface area contributed by atoms with E-state index in [0.29, 0.717) is 28.3 Å². The quantitative estimate of drug-likeness (QED) is 0.838. The molecule has 0 radical (unpaired) electrons. The van der Waals surface area contributed by atoms with Crippen LogP contribution in [0.1, 0.15) is 23.2 Å². The standard InChI is InChI=1S/C13H18BrN3O/c1-17-7-3-4-9(17)8-16-13(18)10-5-2-6-11(15)12(10)14/h2,5-6,9H,3-4,7-8,15H2,1H3,(H,16,18). The van der Waals surface area contributed by atoms with Crippen molar-refractivity contribution in [2.75, 3.05) is 25.9 Å². The van der Waals surface area contributed by atoms with E-state index in [1.165, 1.54) is 6.42 Å². The second-order valence-electron chi connectivity index (χ2n) is 4.70. The van der Waals surface area contributed by atoms with E-state index in [1.54, 1.807) is 18.2 Å². The van der Waals surface area contributed by atoms with Crippen molar-refractivity contribution in [3.63, 3.8) is 0 Å². The summed E-state index contributed by atoms with van der Waals surface area (Å²) in [5, 5.41) is 2.97. The van der Waals surface area contributed by atoms with Crippen molar-refractivity contribution in [1.29, 1.82) is 0 Å². The Kier molecular flexibility index (Phi) is 4.24. The summed E-state index contributed by atoms with van der Waals surface area (Å²) in [6.45, 7) is 1.80. The molecule has 4 nitrogen and oxygen atoms in total. The molecule has 1 aromatic rings. The first kappa shape index (κ1) is 13.4. The molecule has 1 aromatic carbocycles. The van der Waals surface area contributed by atoms with Gasteiger partial charge in [0.05, 0.1) is 10.0 Å². The van der Waals surface area contributed by atoms with Gasteiger partial charge in [-0.1, -0.05) is 6.07 Å². The van der Waals surface area contributed by atoms with E-state index in [4.69, 9.17) is 5.73 Å². The summed E-state index contributed by atoms with van der Waals surface area (Å²) in [5.41, 5.74) is 6.94. The number of amides is 1. The first-order valence-electron chi connectivity index (χ1n) is 6.12. The minimum atomic E-state index is -0.0746. The molecular formula is C13H18BrN3O. The summed E-state index contributed by atoms with van der Waals surface area (Å²) in [6, 6.07) is 5.78. The molecule has 3 N–H and O–H groups in total. The van der Waals surface area contributed by atoms with Gasteiger partial charge in [-0.2, -0.15) is 0 Å². The topological polar surface area (TPSA) is 58.4 Å². The number of carbonyl (C=O) groups is 1.